The lowest BCUT2D eigenvalue weighted by molar-refractivity contribution is -0.137. The zero-order valence-corrected chi connectivity index (χ0v) is 16.0. The molecule has 5 nitrogen and oxygen atoms in total. The van der Waals surface area contributed by atoms with Gasteiger partial charge in [-0.2, -0.15) is 0 Å². The van der Waals surface area contributed by atoms with Crippen LogP contribution in [0.5, 0.6) is 0 Å². The van der Waals surface area contributed by atoms with Gasteiger partial charge in [0.1, 0.15) is 11.4 Å². The maximum atomic E-state index is 13.9. The van der Waals surface area contributed by atoms with Gasteiger partial charge in [-0.1, -0.05) is 32.4 Å². The summed E-state index contributed by atoms with van der Waals surface area (Å²) in [6.45, 7) is 6.61. The first kappa shape index (κ1) is 19.4. The van der Waals surface area contributed by atoms with Crippen LogP contribution in [-0.4, -0.2) is 46.0 Å². The van der Waals surface area contributed by atoms with Gasteiger partial charge in [-0.15, -0.1) is 0 Å². The van der Waals surface area contributed by atoms with Crippen molar-refractivity contribution in [1.29, 1.82) is 0 Å². The third-order valence-electron chi connectivity index (χ3n) is 5.49. The van der Waals surface area contributed by atoms with E-state index < -0.39 is 34.6 Å². The Morgan fingerprint density at radius 2 is 1.92 bits per heavy atom. The Bertz CT molecular complexity index is 692. The normalized spacial score (nSPS) is 28.5. The van der Waals surface area contributed by atoms with E-state index in [1.54, 1.807) is 6.07 Å². The summed E-state index contributed by atoms with van der Waals surface area (Å²) in [7, 11) is 0. The van der Waals surface area contributed by atoms with Crippen LogP contribution in [0.3, 0.4) is 0 Å². The fourth-order valence-corrected chi connectivity index (χ4v) is 4.55. The quantitative estimate of drug-likeness (QED) is 0.766. The second-order valence-corrected chi connectivity index (χ2v) is 9.01. The van der Waals surface area contributed by atoms with E-state index in [0.717, 1.165) is 0 Å². The molecule has 1 aromatic rings. The molecule has 0 bridgehead atoms. The lowest BCUT2D eigenvalue weighted by Gasteiger charge is -2.39. The third-order valence-corrected chi connectivity index (χ3v) is 5.71. The standard InChI is InChI=1S/C19H25ClFNO4/c1-17(2,3)15-19(25,12-8-13(20)10-14(21)9-12)11-18(26-15)4-6-22(7-5-18)16(23)24/h8-10,15,25H,4-7,11H2,1-3H3,(H,23,24). The predicted molar refractivity (Wildman–Crippen MR) is 95.8 cm³/mol. The lowest BCUT2D eigenvalue weighted by Crippen LogP contribution is -2.46. The number of rotatable bonds is 1. The van der Waals surface area contributed by atoms with Crippen LogP contribution in [0.2, 0.25) is 5.02 Å². The number of piperidine rings is 1. The second-order valence-electron chi connectivity index (χ2n) is 8.58. The monoisotopic (exact) mass is 385 g/mol. The highest BCUT2D eigenvalue weighted by atomic mass is 35.5. The Kier molecular flexibility index (Phi) is 4.74. The molecule has 2 fully saturated rings. The van der Waals surface area contributed by atoms with Crippen LogP contribution in [0.4, 0.5) is 9.18 Å². The number of amides is 1. The van der Waals surface area contributed by atoms with Crippen molar-refractivity contribution in [3.05, 3.63) is 34.6 Å². The highest BCUT2D eigenvalue weighted by molar-refractivity contribution is 6.30. The van der Waals surface area contributed by atoms with Gasteiger partial charge in [0.2, 0.25) is 0 Å². The van der Waals surface area contributed by atoms with Gasteiger partial charge in [0.25, 0.3) is 0 Å². The van der Waals surface area contributed by atoms with E-state index in [1.807, 2.05) is 20.8 Å². The van der Waals surface area contributed by atoms with Gasteiger partial charge < -0.3 is 19.8 Å². The minimum atomic E-state index is -1.39. The number of hydrogen-bond donors (Lipinski definition) is 2. The largest absolute Gasteiger partial charge is 0.465 e. The van der Waals surface area contributed by atoms with Crippen LogP contribution < -0.4 is 0 Å². The number of halogens is 2. The number of carboxylic acid groups (broad SMARTS) is 1. The lowest BCUT2D eigenvalue weighted by atomic mass is 9.72. The van der Waals surface area contributed by atoms with Crippen molar-refractivity contribution < 1.29 is 24.1 Å². The predicted octanol–water partition coefficient (Wildman–Crippen LogP) is 4.01. The summed E-state index contributed by atoms with van der Waals surface area (Å²) >= 11 is 6.02. The van der Waals surface area contributed by atoms with Crippen LogP contribution in [-0.2, 0) is 10.3 Å². The van der Waals surface area contributed by atoms with E-state index in [4.69, 9.17) is 16.3 Å². The Labute approximate surface area is 157 Å². The second kappa shape index (κ2) is 6.36. The van der Waals surface area contributed by atoms with E-state index in [9.17, 15) is 19.4 Å². The maximum absolute atomic E-state index is 13.9. The molecule has 7 heteroatoms. The van der Waals surface area contributed by atoms with Gasteiger partial charge in [0.15, 0.2) is 0 Å². The number of likely N-dealkylation sites (tertiary alicyclic amines) is 1. The Balaban J connectivity index is 1.97. The van der Waals surface area contributed by atoms with E-state index in [1.165, 1.54) is 17.0 Å². The van der Waals surface area contributed by atoms with E-state index in [0.29, 0.717) is 31.5 Å². The molecular formula is C19H25ClFNO4. The minimum Gasteiger partial charge on any atom is -0.465 e. The van der Waals surface area contributed by atoms with E-state index in [-0.39, 0.29) is 11.4 Å². The van der Waals surface area contributed by atoms with Gasteiger partial charge in [-0.3, -0.25) is 0 Å². The topological polar surface area (TPSA) is 70.0 Å². The summed E-state index contributed by atoms with van der Waals surface area (Å²) in [5.41, 5.74) is -2.02. The Morgan fingerprint density at radius 3 is 2.42 bits per heavy atom. The summed E-state index contributed by atoms with van der Waals surface area (Å²) in [5, 5.41) is 21.0. The summed E-state index contributed by atoms with van der Waals surface area (Å²) in [6, 6.07) is 4.09. The molecule has 3 rings (SSSR count). The molecule has 0 saturated carbocycles. The van der Waals surface area contributed by atoms with Crippen LogP contribution in [0.1, 0.15) is 45.6 Å². The van der Waals surface area contributed by atoms with Gasteiger partial charge in [0, 0.05) is 24.5 Å². The molecular weight excluding hydrogens is 361 g/mol. The van der Waals surface area contributed by atoms with Gasteiger partial charge in [0.05, 0.1) is 11.7 Å². The number of ether oxygens (including phenoxy) is 1. The molecule has 26 heavy (non-hydrogen) atoms. The molecule has 1 spiro atoms. The average molecular weight is 386 g/mol. The van der Waals surface area contributed by atoms with Crippen molar-refractivity contribution in [2.45, 2.75) is 57.3 Å². The number of hydrogen-bond acceptors (Lipinski definition) is 3. The highest BCUT2D eigenvalue weighted by Gasteiger charge is 2.60. The number of nitrogens with zero attached hydrogens (tertiary/aromatic N) is 1. The van der Waals surface area contributed by atoms with E-state index in [2.05, 4.69) is 0 Å². The average Bonchev–Trinajstić information content (AvgIpc) is 2.81. The van der Waals surface area contributed by atoms with Gasteiger partial charge >= 0.3 is 6.09 Å². The zero-order valence-electron chi connectivity index (χ0n) is 15.3. The number of aliphatic hydroxyl groups is 1. The van der Waals surface area contributed by atoms with Gasteiger partial charge in [-0.25, -0.2) is 9.18 Å². The SMILES string of the molecule is CC(C)(C)C1OC2(CCN(C(=O)O)CC2)CC1(O)c1cc(F)cc(Cl)c1. The van der Waals surface area contributed by atoms with Crippen molar-refractivity contribution in [2.24, 2.45) is 5.41 Å². The molecule has 2 aliphatic rings. The fraction of sp³-hybridized carbons (Fsp3) is 0.632. The highest BCUT2D eigenvalue weighted by Crippen LogP contribution is 2.54. The van der Waals surface area contributed by atoms with Crippen molar-refractivity contribution >= 4 is 17.7 Å². The van der Waals surface area contributed by atoms with Crippen molar-refractivity contribution in [1.82, 2.24) is 4.90 Å². The first-order chi connectivity index (χ1) is 12.0. The number of carbonyl (C=O) groups is 1. The molecule has 2 unspecified atom stereocenters. The third kappa shape index (κ3) is 3.42. The molecule has 2 N–H and O–H groups in total. The van der Waals surface area contributed by atoms with Crippen molar-refractivity contribution in [3.8, 4) is 0 Å². The van der Waals surface area contributed by atoms with E-state index >= 15 is 0 Å². The molecule has 2 aliphatic heterocycles. The molecule has 2 heterocycles. The zero-order chi connectivity index (χ0) is 19.3. The fourth-order valence-electron chi connectivity index (χ4n) is 4.32. The molecule has 1 amide bonds. The summed E-state index contributed by atoms with van der Waals surface area (Å²) < 4.78 is 20.3. The summed E-state index contributed by atoms with van der Waals surface area (Å²) in [4.78, 5) is 12.5. The molecule has 2 saturated heterocycles. The Morgan fingerprint density at radius 1 is 1.31 bits per heavy atom. The van der Waals surface area contributed by atoms with Crippen LogP contribution >= 0.6 is 11.6 Å². The van der Waals surface area contributed by atoms with Gasteiger partial charge in [-0.05, 0) is 42.0 Å². The number of benzene rings is 1. The summed E-state index contributed by atoms with van der Waals surface area (Å²) in [6.07, 6.45) is -0.231. The molecule has 0 aromatic heterocycles. The van der Waals surface area contributed by atoms with Crippen LogP contribution in [0.25, 0.3) is 0 Å². The summed E-state index contributed by atoms with van der Waals surface area (Å²) in [5.74, 6) is -0.504. The minimum absolute atomic E-state index is 0.225. The molecule has 2 atom stereocenters. The molecule has 0 aliphatic carbocycles. The van der Waals surface area contributed by atoms with Crippen molar-refractivity contribution in [3.63, 3.8) is 0 Å². The molecule has 144 valence electrons. The van der Waals surface area contributed by atoms with Crippen LogP contribution in [0, 0.1) is 11.2 Å². The molecule has 0 radical (unpaired) electrons. The van der Waals surface area contributed by atoms with Crippen LogP contribution in [0.15, 0.2) is 18.2 Å². The molecule has 1 aromatic carbocycles. The smallest absolute Gasteiger partial charge is 0.407 e. The first-order valence-electron chi connectivity index (χ1n) is 8.80. The van der Waals surface area contributed by atoms with Crippen molar-refractivity contribution in [2.75, 3.05) is 13.1 Å². The first-order valence-corrected chi connectivity index (χ1v) is 9.18. The Hall–Kier alpha value is -1.37. The maximum Gasteiger partial charge on any atom is 0.407 e.